The first kappa shape index (κ1) is 26.0. The Hall–Kier alpha value is -4.65. The van der Waals surface area contributed by atoms with Gasteiger partial charge in [-0.2, -0.15) is 13.2 Å². The van der Waals surface area contributed by atoms with E-state index in [1.807, 2.05) is 72.8 Å². The summed E-state index contributed by atoms with van der Waals surface area (Å²) in [6, 6.07) is 28.9. The second-order valence-electron chi connectivity index (χ2n) is 9.35. The topological polar surface area (TPSA) is 62.2 Å². The van der Waals surface area contributed by atoms with Crippen LogP contribution in [-0.4, -0.2) is 16.1 Å². The number of pyridine rings is 1. The van der Waals surface area contributed by atoms with E-state index in [-0.39, 0.29) is 11.9 Å². The van der Waals surface area contributed by atoms with Gasteiger partial charge < -0.3 is 10.4 Å². The Labute approximate surface area is 223 Å². The number of anilines is 1. The molecule has 5 aromatic rings. The van der Waals surface area contributed by atoms with Crippen LogP contribution in [0.5, 0.6) is 0 Å². The molecule has 0 aliphatic carbocycles. The molecule has 0 spiro atoms. The van der Waals surface area contributed by atoms with Crippen molar-refractivity contribution in [2.45, 2.75) is 25.6 Å². The molecule has 4 aromatic carbocycles. The highest BCUT2D eigenvalue weighted by Gasteiger charge is 2.33. The van der Waals surface area contributed by atoms with Gasteiger partial charge in [0.1, 0.15) is 0 Å². The fraction of sp³-hybridized carbons (Fsp3) is 0.125. The average Bonchev–Trinajstić information content (AvgIpc) is 2.91. The smallest absolute Gasteiger partial charge is 0.418 e. The number of benzene rings is 4. The van der Waals surface area contributed by atoms with Crippen molar-refractivity contribution < 1.29 is 23.1 Å². The fourth-order valence-corrected chi connectivity index (χ4v) is 4.80. The maximum absolute atomic E-state index is 13.8. The molecular weight excluding hydrogens is 501 g/mol. The first-order chi connectivity index (χ1) is 18.8. The van der Waals surface area contributed by atoms with Gasteiger partial charge in [-0.3, -0.25) is 9.78 Å². The van der Waals surface area contributed by atoms with Crippen molar-refractivity contribution >= 4 is 22.6 Å². The SMILES string of the molecule is O=C(O)Cc1cccc(CNc2cccc(-c3c(Cc4ccccc4)cnc4c(C(F)(F)F)cccc34)c2)c1. The summed E-state index contributed by atoms with van der Waals surface area (Å²) in [7, 11) is 0. The minimum Gasteiger partial charge on any atom is -0.481 e. The van der Waals surface area contributed by atoms with Crippen LogP contribution in [0.1, 0.15) is 27.8 Å². The molecule has 0 amide bonds. The first-order valence-corrected chi connectivity index (χ1v) is 12.4. The first-order valence-electron chi connectivity index (χ1n) is 12.4. The minimum absolute atomic E-state index is 0.0530. The highest BCUT2D eigenvalue weighted by molar-refractivity contribution is 5.98. The van der Waals surface area contributed by atoms with Gasteiger partial charge in [0.25, 0.3) is 0 Å². The molecule has 7 heteroatoms. The summed E-state index contributed by atoms with van der Waals surface area (Å²) in [5.41, 5.74) is 4.93. The van der Waals surface area contributed by atoms with Gasteiger partial charge in [-0.1, -0.05) is 78.9 Å². The number of rotatable bonds is 8. The van der Waals surface area contributed by atoms with E-state index in [2.05, 4.69) is 10.3 Å². The van der Waals surface area contributed by atoms with Gasteiger partial charge in [0.2, 0.25) is 0 Å². The molecule has 196 valence electrons. The molecule has 0 saturated carbocycles. The third kappa shape index (κ3) is 6.09. The average molecular weight is 527 g/mol. The third-order valence-electron chi connectivity index (χ3n) is 6.51. The second-order valence-corrected chi connectivity index (χ2v) is 9.35. The van der Waals surface area contributed by atoms with Gasteiger partial charge in [0, 0.05) is 23.8 Å². The Morgan fingerprint density at radius 2 is 1.54 bits per heavy atom. The predicted octanol–water partition coefficient (Wildman–Crippen LogP) is 7.75. The number of aliphatic carboxylic acids is 1. The van der Waals surface area contributed by atoms with E-state index < -0.39 is 17.7 Å². The molecule has 0 aliphatic heterocycles. The normalized spacial score (nSPS) is 11.5. The Balaban J connectivity index is 1.54. The number of carboxylic acid groups (broad SMARTS) is 1. The zero-order chi connectivity index (χ0) is 27.4. The van der Waals surface area contributed by atoms with Crippen LogP contribution >= 0.6 is 0 Å². The number of nitrogens with one attached hydrogen (secondary N) is 1. The van der Waals surface area contributed by atoms with Crippen molar-refractivity contribution in [3.63, 3.8) is 0 Å². The lowest BCUT2D eigenvalue weighted by atomic mass is 9.91. The lowest BCUT2D eigenvalue weighted by Gasteiger charge is -2.17. The van der Waals surface area contributed by atoms with Crippen LogP contribution < -0.4 is 5.32 Å². The number of para-hydroxylation sites is 1. The van der Waals surface area contributed by atoms with Crippen LogP contribution in [0.25, 0.3) is 22.0 Å². The Kier molecular flexibility index (Phi) is 7.32. The monoisotopic (exact) mass is 526 g/mol. The highest BCUT2D eigenvalue weighted by atomic mass is 19.4. The van der Waals surface area contributed by atoms with E-state index in [1.165, 1.54) is 6.07 Å². The van der Waals surface area contributed by atoms with Gasteiger partial charge >= 0.3 is 12.1 Å². The summed E-state index contributed by atoms with van der Waals surface area (Å²) in [4.78, 5) is 15.3. The lowest BCUT2D eigenvalue weighted by molar-refractivity contribution is -0.137. The van der Waals surface area contributed by atoms with E-state index in [4.69, 9.17) is 5.11 Å². The van der Waals surface area contributed by atoms with Gasteiger partial charge in [0.05, 0.1) is 17.5 Å². The van der Waals surface area contributed by atoms with Gasteiger partial charge in [-0.15, -0.1) is 0 Å². The summed E-state index contributed by atoms with van der Waals surface area (Å²) in [5.74, 6) is -0.891. The molecule has 2 N–H and O–H groups in total. The summed E-state index contributed by atoms with van der Waals surface area (Å²) >= 11 is 0. The number of fused-ring (bicyclic) bond motifs is 1. The number of nitrogens with zero attached hydrogens (tertiary/aromatic N) is 1. The zero-order valence-electron chi connectivity index (χ0n) is 20.9. The largest absolute Gasteiger partial charge is 0.481 e. The molecule has 4 nitrogen and oxygen atoms in total. The quantitative estimate of drug-likeness (QED) is 0.217. The standard InChI is InChI=1S/C32H25F3N2O2/c33-32(34,35)28-14-6-13-27-30(25(20-37-31(27)28)16-21-7-2-1-3-8-21)24-11-5-12-26(18-24)36-19-23-10-4-9-22(15-23)17-29(38)39/h1-15,18,20,36H,16-17,19H2,(H,38,39). The Morgan fingerprint density at radius 3 is 2.31 bits per heavy atom. The zero-order valence-corrected chi connectivity index (χ0v) is 20.9. The molecule has 0 aliphatic rings. The number of halogens is 3. The van der Waals surface area contributed by atoms with E-state index in [9.17, 15) is 18.0 Å². The summed E-state index contributed by atoms with van der Waals surface area (Å²) in [6.07, 6.45) is -2.51. The van der Waals surface area contributed by atoms with Crippen LogP contribution in [0, 0.1) is 0 Å². The van der Waals surface area contributed by atoms with Gasteiger partial charge in [-0.05, 0) is 58.0 Å². The van der Waals surface area contributed by atoms with Gasteiger partial charge in [-0.25, -0.2) is 0 Å². The molecular formula is C32H25F3N2O2. The summed E-state index contributed by atoms with van der Waals surface area (Å²) in [5, 5.41) is 12.9. The van der Waals surface area contributed by atoms with Crippen molar-refractivity contribution in [1.82, 2.24) is 4.98 Å². The molecule has 1 aromatic heterocycles. The molecule has 5 rings (SSSR count). The van der Waals surface area contributed by atoms with Crippen LogP contribution in [0.15, 0.2) is 103 Å². The van der Waals surface area contributed by atoms with Crippen molar-refractivity contribution in [1.29, 1.82) is 0 Å². The number of hydrogen-bond acceptors (Lipinski definition) is 3. The van der Waals surface area contributed by atoms with Crippen molar-refractivity contribution in [2.24, 2.45) is 0 Å². The third-order valence-corrected chi connectivity index (χ3v) is 6.51. The van der Waals surface area contributed by atoms with E-state index in [1.54, 1.807) is 18.3 Å². The highest BCUT2D eigenvalue weighted by Crippen LogP contribution is 2.39. The molecule has 0 atom stereocenters. The Bertz CT molecular complexity index is 1630. The van der Waals surface area contributed by atoms with Crippen molar-refractivity contribution in [3.05, 3.63) is 131 Å². The van der Waals surface area contributed by atoms with Crippen LogP contribution in [-0.2, 0) is 30.4 Å². The number of alkyl halides is 3. The predicted molar refractivity (Wildman–Crippen MR) is 147 cm³/mol. The molecule has 0 bridgehead atoms. The molecule has 1 heterocycles. The number of aromatic nitrogens is 1. The molecule has 0 radical (unpaired) electrons. The number of hydrogen-bond donors (Lipinski definition) is 2. The maximum atomic E-state index is 13.8. The molecule has 0 saturated heterocycles. The summed E-state index contributed by atoms with van der Waals surface area (Å²) < 4.78 is 41.5. The summed E-state index contributed by atoms with van der Waals surface area (Å²) in [6.45, 7) is 0.461. The molecule has 0 fully saturated rings. The van der Waals surface area contributed by atoms with E-state index in [0.717, 1.165) is 34.0 Å². The van der Waals surface area contributed by atoms with Crippen molar-refractivity contribution in [2.75, 3.05) is 5.32 Å². The number of carboxylic acids is 1. The van der Waals surface area contributed by atoms with Gasteiger partial charge in [0.15, 0.2) is 0 Å². The Morgan fingerprint density at radius 1 is 0.821 bits per heavy atom. The fourth-order valence-electron chi connectivity index (χ4n) is 4.80. The number of carbonyl (C=O) groups is 1. The molecule has 39 heavy (non-hydrogen) atoms. The van der Waals surface area contributed by atoms with Crippen LogP contribution in [0.3, 0.4) is 0 Å². The van der Waals surface area contributed by atoms with Crippen LogP contribution in [0.2, 0.25) is 0 Å². The lowest BCUT2D eigenvalue weighted by Crippen LogP contribution is -2.07. The van der Waals surface area contributed by atoms with E-state index in [0.29, 0.717) is 29.5 Å². The molecule has 0 unspecified atom stereocenters. The van der Waals surface area contributed by atoms with E-state index >= 15 is 0 Å². The van der Waals surface area contributed by atoms with Crippen LogP contribution in [0.4, 0.5) is 18.9 Å². The minimum atomic E-state index is -4.52. The maximum Gasteiger partial charge on any atom is 0.418 e. The van der Waals surface area contributed by atoms with Crippen molar-refractivity contribution in [3.8, 4) is 11.1 Å². The second kappa shape index (κ2) is 11.0.